The number of hydrogen-bond donors (Lipinski definition) is 0. The van der Waals surface area contributed by atoms with Crippen LogP contribution >= 0.6 is 0 Å². The summed E-state index contributed by atoms with van der Waals surface area (Å²) in [4.78, 5) is 3.90. The van der Waals surface area contributed by atoms with Gasteiger partial charge in [0.1, 0.15) is 0 Å². The van der Waals surface area contributed by atoms with E-state index in [4.69, 9.17) is 6.57 Å². The van der Waals surface area contributed by atoms with Crippen LogP contribution in [0.3, 0.4) is 0 Å². The maximum atomic E-state index is 10.2. The molecule has 2 heterocycles. The molecule has 230 valence electrons. The molecule has 0 atom stereocenters. The first kappa shape index (κ1) is 28.8. The summed E-state index contributed by atoms with van der Waals surface area (Å²) in [6.07, 6.45) is 0. The Kier molecular flexibility index (Phi) is 6.56. The fourth-order valence-corrected chi connectivity index (χ4v) is 7.39. The Morgan fingerprint density at radius 1 is 0.480 bits per heavy atom. The molecule has 0 radical (unpaired) electrons. The van der Waals surface area contributed by atoms with Gasteiger partial charge in [-0.05, 0) is 88.8 Å². The van der Waals surface area contributed by atoms with Crippen LogP contribution in [-0.4, -0.2) is 9.13 Å². The third-order valence-electron chi connectivity index (χ3n) is 9.57. The first-order valence-electron chi connectivity index (χ1n) is 16.3. The van der Waals surface area contributed by atoms with E-state index in [-0.39, 0.29) is 0 Å². The molecule has 50 heavy (non-hydrogen) atoms. The maximum absolute atomic E-state index is 10.2. The third-order valence-corrected chi connectivity index (χ3v) is 9.57. The number of benzene rings is 7. The van der Waals surface area contributed by atoms with Gasteiger partial charge in [0.25, 0.3) is 0 Å². The molecule has 0 amide bonds. The van der Waals surface area contributed by atoms with E-state index in [1.807, 2.05) is 78.9 Å². The van der Waals surface area contributed by atoms with Crippen molar-refractivity contribution in [2.45, 2.75) is 0 Å². The van der Waals surface area contributed by atoms with Gasteiger partial charge in [-0.25, -0.2) is 4.85 Å². The van der Waals surface area contributed by atoms with Crippen LogP contribution in [-0.2, 0) is 0 Å². The highest BCUT2D eigenvalue weighted by atomic mass is 15.0. The highest BCUT2D eigenvalue weighted by molar-refractivity contribution is 6.14. The zero-order valence-electron chi connectivity index (χ0n) is 26.7. The van der Waals surface area contributed by atoms with E-state index in [9.17, 15) is 10.5 Å². The Labute approximate surface area is 288 Å². The van der Waals surface area contributed by atoms with Crippen LogP contribution in [0.2, 0.25) is 0 Å². The summed E-state index contributed by atoms with van der Waals surface area (Å²) in [5.41, 5.74) is 11.6. The van der Waals surface area contributed by atoms with Gasteiger partial charge in [0.05, 0.1) is 57.6 Å². The van der Waals surface area contributed by atoms with E-state index in [2.05, 4.69) is 98.9 Å². The van der Waals surface area contributed by atoms with Gasteiger partial charge in [-0.15, -0.1) is 0 Å². The lowest BCUT2D eigenvalue weighted by atomic mass is 9.95. The normalized spacial score (nSPS) is 11.1. The number of nitriles is 2. The summed E-state index contributed by atoms with van der Waals surface area (Å²) >= 11 is 0. The number of para-hydroxylation sites is 4. The zero-order chi connectivity index (χ0) is 33.8. The van der Waals surface area contributed by atoms with Crippen molar-refractivity contribution in [3.05, 3.63) is 174 Å². The molecule has 9 aromatic rings. The summed E-state index contributed by atoms with van der Waals surface area (Å²) in [6, 6.07) is 55.5. The Hall–Kier alpha value is -7.39. The van der Waals surface area contributed by atoms with Gasteiger partial charge in [0, 0.05) is 27.4 Å². The SMILES string of the molecule is [C-]#[N+]c1cccc2c3ccccc3n(-c3ccccc3-c3cc(C#N)cc(-c4ccc(-n5c6ccccc6c6cc(C#N)ccc65)cc4)c3)c12. The maximum Gasteiger partial charge on any atom is 0.211 e. The van der Waals surface area contributed by atoms with E-state index in [1.165, 1.54) is 0 Å². The molecule has 0 unspecified atom stereocenters. The van der Waals surface area contributed by atoms with Crippen molar-refractivity contribution >= 4 is 49.3 Å². The van der Waals surface area contributed by atoms with Crippen LogP contribution < -0.4 is 0 Å². The van der Waals surface area contributed by atoms with Crippen molar-refractivity contribution in [1.82, 2.24) is 9.13 Å². The quantitative estimate of drug-likeness (QED) is 0.181. The molecule has 0 N–H and O–H groups in total. The minimum absolute atomic E-state index is 0.566. The lowest BCUT2D eigenvalue weighted by Gasteiger charge is -2.16. The molecule has 0 aliphatic rings. The lowest BCUT2D eigenvalue weighted by Crippen LogP contribution is -1.98. The molecule has 9 rings (SSSR count). The van der Waals surface area contributed by atoms with E-state index in [1.54, 1.807) is 0 Å². The molecule has 7 aromatic carbocycles. The van der Waals surface area contributed by atoms with Crippen molar-refractivity contribution < 1.29 is 0 Å². The highest BCUT2D eigenvalue weighted by Gasteiger charge is 2.19. The van der Waals surface area contributed by atoms with Crippen molar-refractivity contribution in [3.8, 4) is 45.8 Å². The lowest BCUT2D eigenvalue weighted by molar-refractivity contribution is 1.18. The predicted octanol–water partition coefficient (Wildman–Crippen LogP) is 11.5. The van der Waals surface area contributed by atoms with E-state index in [0.29, 0.717) is 16.8 Å². The molecule has 2 aromatic heterocycles. The Bertz CT molecular complexity index is 2960. The second kappa shape index (κ2) is 11.4. The van der Waals surface area contributed by atoms with Gasteiger partial charge in [0.2, 0.25) is 5.69 Å². The van der Waals surface area contributed by atoms with Gasteiger partial charge in [-0.3, -0.25) is 0 Å². The van der Waals surface area contributed by atoms with Crippen molar-refractivity contribution in [1.29, 1.82) is 10.5 Å². The molecule has 0 saturated heterocycles. The van der Waals surface area contributed by atoms with Crippen molar-refractivity contribution in [2.75, 3.05) is 0 Å². The molecule has 0 aliphatic carbocycles. The second-order valence-electron chi connectivity index (χ2n) is 12.3. The van der Waals surface area contributed by atoms with Gasteiger partial charge in [0.15, 0.2) is 0 Å². The molecule has 5 heteroatoms. The Morgan fingerprint density at radius 2 is 1.12 bits per heavy atom. The van der Waals surface area contributed by atoms with Crippen molar-refractivity contribution in [3.63, 3.8) is 0 Å². The van der Waals surface area contributed by atoms with Gasteiger partial charge >= 0.3 is 0 Å². The molecular weight excluding hydrogens is 611 g/mol. The third kappa shape index (κ3) is 4.38. The fraction of sp³-hybridized carbons (Fsp3) is 0. The molecule has 0 aliphatic heterocycles. The summed E-state index contributed by atoms with van der Waals surface area (Å²) < 4.78 is 4.41. The van der Waals surface area contributed by atoms with Crippen LogP contribution in [0.25, 0.3) is 82.1 Å². The largest absolute Gasteiger partial charge is 0.318 e. The van der Waals surface area contributed by atoms with Crippen LogP contribution in [0.15, 0.2) is 152 Å². The predicted molar refractivity (Wildman–Crippen MR) is 202 cm³/mol. The van der Waals surface area contributed by atoms with E-state index < -0.39 is 0 Å². The topological polar surface area (TPSA) is 61.8 Å². The van der Waals surface area contributed by atoms with E-state index >= 15 is 0 Å². The smallest absolute Gasteiger partial charge is 0.211 e. The fourth-order valence-electron chi connectivity index (χ4n) is 7.39. The summed E-state index contributed by atoms with van der Waals surface area (Å²) in [6.45, 7) is 7.97. The van der Waals surface area contributed by atoms with Gasteiger partial charge < -0.3 is 9.13 Å². The van der Waals surface area contributed by atoms with Gasteiger partial charge in [-0.1, -0.05) is 84.9 Å². The summed E-state index contributed by atoms with van der Waals surface area (Å²) in [5.74, 6) is 0. The zero-order valence-corrected chi connectivity index (χ0v) is 26.7. The Balaban J connectivity index is 1.20. The molecule has 0 saturated carbocycles. The first-order valence-corrected chi connectivity index (χ1v) is 16.3. The Morgan fingerprint density at radius 3 is 1.88 bits per heavy atom. The second-order valence-corrected chi connectivity index (χ2v) is 12.3. The minimum Gasteiger partial charge on any atom is -0.318 e. The molecule has 0 spiro atoms. The number of rotatable bonds is 4. The standard InChI is InChI=1S/C45H25N5/c1-48-40-13-8-12-38-36-10-3-7-16-43(36)50(45(38)40)41-14-5-2-9-35(41)33-24-30(28-47)23-32(26-33)31-18-20-34(21-19-31)49-42-15-6-4-11-37(42)39-25-29(27-46)17-22-44(39)49/h2-26H. The molecule has 0 fully saturated rings. The van der Waals surface area contributed by atoms with Crippen molar-refractivity contribution in [2.24, 2.45) is 0 Å². The molecule has 0 bridgehead atoms. The highest BCUT2D eigenvalue weighted by Crippen LogP contribution is 2.41. The first-order chi connectivity index (χ1) is 24.7. The van der Waals surface area contributed by atoms with Crippen LogP contribution in [0.4, 0.5) is 5.69 Å². The minimum atomic E-state index is 0.566. The average Bonchev–Trinajstić information content (AvgIpc) is 3.70. The average molecular weight is 636 g/mol. The number of nitrogens with zero attached hydrogens (tertiary/aromatic N) is 5. The summed E-state index contributed by atoms with van der Waals surface area (Å²) in [5, 5.41) is 24.0. The van der Waals surface area contributed by atoms with Crippen LogP contribution in [0, 0.1) is 29.2 Å². The molecule has 5 nitrogen and oxygen atoms in total. The van der Waals surface area contributed by atoms with E-state index in [0.717, 1.165) is 77.2 Å². The molecular formula is C45H25N5. The number of hydrogen-bond acceptors (Lipinski definition) is 2. The van der Waals surface area contributed by atoms with Crippen LogP contribution in [0.1, 0.15) is 11.1 Å². The summed E-state index contributed by atoms with van der Waals surface area (Å²) in [7, 11) is 0. The van der Waals surface area contributed by atoms with Crippen LogP contribution in [0.5, 0.6) is 0 Å². The monoisotopic (exact) mass is 635 g/mol. The van der Waals surface area contributed by atoms with Gasteiger partial charge in [-0.2, -0.15) is 10.5 Å². The number of fused-ring (bicyclic) bond motifs is 6. The number of aromatic nitrogens is 2.